The van der Waals surface area contributed by atoms with Gasteiger partial charge in [-0.15, -0.1) is 0 Å². The lowest BCUT2D eigenvalue weighted by Gasteiger charge is -2.22. The molecule has 4 nitrogen and oxygen atoms in total. The number of benzene rings is 4. The molecule has 0 saturated carbocycles. The molecule has 4 aromatic carbocycles. The molecular formula is C28H18O4. The number of carbonyl (C=O) groups excluding carboxylic acids is 1. The van der Waals surface area contributed by atoms with Crippen molar-refractivity contribution in [1.82, 2.24) is 0 Å². The Kier molecular flexibility index (Phi) is 4.68. The van der Waals surface area contributed by atoms with Gasteiger partial charge in [-0.05, 0) is 45.4 Å². The molecule has 0 heterocycles. The van der Waals surface area contributed by atoms with Gasteiger partial charge in [-0.3, -0.25) is 4.79 Å². The highest BCUT2D eigenvalue weighted by Crippen LogP contribution is 2.41. The zero-order valence-electron chi connectivity index (χ0n) is 16.9. The third kappa shape index (κ3) is 3.10. The van der Waals surface area contributed by atoms with Gasteiger partial charge in [0.1, 0.15) is 11.3 Å². The van der Waals surface area contributed by atoms with Crippen molar-refractivity contribution in [3.8, 4) is 5.75 Å². The Morgan fingerprint density at radius 3 is 2.03 bits per heavy atom. The Balaban J connectivity index is 1.96. The second-order valence-corrected chi connectivity index (χ2v) is 7.57. The SMILES string of the molecule is O=C(O)C1=C/C(=C(\c2ccccc2)c2ccc(O)c3ccccc23)c2ccccc2C1=O. The topological polar surface area (TPSA) is 74.6 Å². The molecule has 4 aromatic rings. The monoisotopic (exact) mass is 418 g/mol. The van der Waals surface area contributed by atoms with Gasteiger partial charge in [-0.25, -0.2) is 4.79 Å². The van der Waals surface area contributed by atoms with Crippen LogP contribution in [0.3, 0.4) is 0 Å². The number of hydrogen-bond acceptors (Lipinski definition) is 3. The quantitative estimate of drug-likeness (QED) is 0.418. The van der Waals surface area contributed by atoms with Gasteiger partial charge in [0.25, 0.3) is 0 Å². The maximum atomic E-state index is 12.9. The van der Waals surface area contributed by atoms with Crippen LogP contribution in [0, 0.1) is 0 Å². The van der Waals surface area contributed by atoms with Gasteiger partial charge < -0.3 is 10.2 Å². The largest absolute Gasteiger partial charge is 0.507 e. The number of hydrogen-bond donors (Lipinski definition) is 2. The predicted molar refractivity (Wildman–Crippen MR) is 124 cm³/mol. The number of Topliss-reactive ketones (excluding diaryl/α,β-unsaturated/α-hetero) is 1. The van der Waals surface area contributed by atoms with E-state index in [1.54, 1.807) is 18.2 Å². The number of allylic oxidation sites excluding steroid dienone is 2. The van der Waals surface area contributed by atoms with E-state index in [0.29, 0.717) is 22.1 Å². The number of carboxylic acid groups (broad SMARTS) is 1. The summed E-state index contributed by atoms with van der Waals surface area (Å²) in [5, 5.41) is 21.7. The molecular weight excluding hydrogens is 400 g/mol. The Morgan fingerprint density at radius 2 is 1.31 bits per heavy atom. The van der Waals surface area contributed by atoms with Crippen LogP contribution >= 0.6 is 0 Å². The highest BCUT2D eigenvalue weighted by Gasteiger charge is 2.29. The summed E-state index contributed by atoms with van der Waals surface area (Å²) in [7, 11) is 0. The molecule has 32 heavy (non-hydrogen) atoms. The molecule has 0 radical (unpaired) electrons. The van der Waals surface area contributed by atoms with E-state index in [9.17, 15) is 19.8 Å². The number of ketones is 1. The summed E-state index contributed by atoms with van der Waals surface area (Å²) >= 11 is 0. The lowest BCUT2D eigenvalue weighted by molar-refractivity contribution is -0.132. The zero-order valence-corrected chi connectivity index (χ0v) is 16.9. The van der Waals surface area contributed by atoms with Crippen LogP contribution in [0.1, 0.15) is 27.0 Å². The average molecular weight is 418 g/mol. The summed E-state index contributed by atoms with van der Waals surface area (Å²) in [6, 6.07) is 27.7. The van der Waals surface area contributed by atoms with Gasteiger partial charge in [0, 0.05) is 10.9 Å². The van der Waals surface area contributed by atoms with E-state index < -0.39 is 11.8 Å². The molecule has 154 valence electrons. The summed E-state index contributed by atoms with van der Waals surface area (Å²) < 4.78 is 0. The first-order valence-electron chi connectivity index (χ1n) is 10.2. The van der Waals surface area contributed by atoms with Gasteiger partial charge in [0.15, 0.2) is 0 Å². The molecule has 0 unspecified atom stereocenters. The highest BCUT2D eigenvalue weighted by molar-refractivity contribution is 6.30. The fourth-order valence-electron chi connectivity index (χ4n) is 4.28. The molecule has 0 atom stereocenters. The van der Waals surface area contributed by atoms with E-state index in [-0.39, 0.29) is 11.3 Å². The van der Waals surface area contributed by atoms with E-state index in [4.69, 9.17) is 0 Å². The smallest absolute Gasteiger partial charge is 0.339 e. The molecule has 1 aliphatic carbocycles. The standard InChI is InChI=1S/C28H18O4/c29-25-15-14-21(18-10-4-6-12-20(18)25)26(17-8-2-1-3-9-17)23-16-24(28(31)32)27(30)22-13-7-5-11-19(22)23/h1-16,29H,(H,31,32)/b26-23-. The lowest BCUT2D eigenvalue weighted by atomic mass is 9.80. The summed E-state index contributed by atoms with van der Waals surface area (Å²) in [4.78, 5) is 24.8. The molecule has 0 fully saturated rings. The minimum Gasteiger partial charge on any atom is -0.507 e. The molecule has 0 aromatic heterocycles. The van der Waals surface area contributed by atoms with Gasteiger partial charge in [0.2, 0.25) is 5.78 Å². The number of fused-ring (bicyclic) bond motifs is 2. The van der Waals surface area contributed by atoms with Crippen molar-refractivity contribution in [2.75, 3.05) is 0 Å². The maximum Gasteiger partial charge on any atom is 0.339 e. The summed E-state index contributed by atoms with van der Waals surface area (Å²) in [6.45, 7) is 0. The van der Waals surface area contributed by atoms with Crippen LogP contribution in [0.25, 0.3) is 21.9 Å². The van der Waals surface area contributed by atoms with Gasteiger partial charge in [0.05, 0.1) is 0 Å². The van der Waals surface area contributed by atoms with Crippen molar-refractivity contribution >= 4 is 33.7 Å². The van der Waals surface area contributed by atoms with Gasteiger partial charge in [-0.2, -0.15) is 0 Å². The minimum absolute atomic E-state index is 0.169. The molecule has 0 bridgehead atoms. The van der Waals surface area contributed by atoms with Crippen molar-refractivity contribution in [2.45, 2.75) is 0 Å². The number of phenolic OH excluding ortho intramolecular Hbond substituents is 1. The first kappa shape index (κ1) is 19.5. The zero-order chi connectivity index (χ0) is 22.2. The molecule has 0 saturated heterocycles. The molecule has 0 aliphatic heterocycles. The summed E-state index contributed by atoms with van der Waals surface area (Å²) in [5.41, 5.74) is 3.93. The summed E-state index contributed by atoms with van der Waals surface area (Å²) in [5.74, 6) is -1.59. The van der Waals surface area contributed by atoms with E-state index in [1.165, 1.54) is 6.08 Å². The van der Waals surface area contributed by atoms with E-state index in [1.807, 2.05) is 72.8 Å². The highest BCUT2D eigenvalue weighted by atomic mass is 16.4. The van der Waals surface area contributed by atoms with Crippen LogP contribution in [0.4, 0.5) is 0 Å². The molecule has 2 N–H and O–H groups in total. The normalized spacial score (nSPS) is 14.6. The third-order valence-electron chi connectivity index (χ3n) is 5.73. The predicted octanol–water partition coefficient (Wildman–Crippen LogP) is 5.71. The van der Waals surface area contributed by atoms with Crippen molar-refractivity contribution in [3.05, 3.63) is 125 Å². The van der Waals surface area contributed by atoms with Crippen LogP contribution in [-0.2, 0) is 4.79 Å². The van der Waals surface area contributed by atoms with Crippen LogP contribution < -0.4 is 0 Å². The molecule has 4 heteroatoms. The molecule has 1 aliphatic rings. The molecule has 0 spiro atoms. The van der Waals surface area contributed by atoms with Crippen LogP contribution in [-0.4, -0.2) is 22.0 Å². The Hall–Kier alpha value is -4.44. The number of phenols is 1. The fraction of sp³-hybridized carbons (Fsp3) is 0. The van der Waals surface area contributed by atoms with Crippen molar-refractivity contribution in [1.29, 1.82) is 0 Å². The van der Waals surface area contributed by atoms with Crippen LogP contribution in [0.15, 0.2) is 103 Å². The number of carboxylic acids is 1. The lowest BCUT2D eigenvalue weighted by Crippen LogP contribution is -2.18. The first-order valence-corrected chi connectivity index (χ1v) is 10.2. The number of aromatic hydroxyl groups is 1. The van der Waals surface area contributed by atoms with Crippen molar-refractivity contribution in [2.24, 2.45) is 0 Å². The number of aliphatic carboxylic acids is 1. The minimum atomic E-state index is -1.26. The Labute approximate surface area is 184 Å². The third-order valence-corrected chi connectivity index (χ3v) is 5.73. The van der Waals surface area contributed by atoms with Crippen molar-refractivity contribution in [3.63, 3.8) is 0 Å². The number of rotatable bonds is 3. The van der Waals surface area contributed by atoms with Crippen LogP contribution in [0.2, 0.25) is 0 Å². The van der Waals surface area contributed by atoms with E-state index in [2.05, 4.69) is 0 Å². The van der Waals surface area contributed by atoms with Gasteiger partial charge in [-0.1, -0.05) is 84.9 Å². The Morgan fingerprint density at radius 1 is 0.688 bits per heavy atom. The van der Waals surface area contributed by atoms with Gasteiger partial charge >= 0.3 is 5.97 Å². The second kappa shape index (κ2) is 7.67. The molecule has 5 rings (SSSR count). The fourth-order valence-corrected chi connectivity index (χ4v) is 4.28. The van der Waals surface area contributed by atoms with E-state index >= 15 is 0 Å². The van der Waals surface area contributed by atoms with Crippen LogP contribution in [0.5, 0.6) is 5.75 Å². The first-order chi connectivity index (χ1) is 15.6. The van der Waals surface area contributed by atoms with Crippen molar-refractivity contribution < 1.29 is 19.8 Å². The second-order valence-electron chi connectivity index (χ2n) is 7.57. The molecule has 0 amide bonds. The Bertz CT molecular complexity index is 1460. The van der Waals surface area contributed by atoms with E-state index in [0.717, 1.165) is 22.1 Å². The average Bonchev–Trinajstić information content (AvgIpc) is 2.83. The number of carbonyl (C=O) groups is 2. The maximum absolute atomic E-state index is 12.9. The summed E-state index contributed by atoms with van der Waals surface area (Å²) in [6.07, 6.45) is 1.47.